The van der Waals surface area contributed by atoms with Crippen molar-refractivity contribution >= 4 is 17.5 Å². The average molecular weight is 248 g/mol. The van der Waals surface area contributed by atoms with Crippen molar-refractivity contribution in [3.8, 4) is 0 Å². The molecular weight excluding hydrogens is 232 g/mol. The van der Waals surface area contributed by atoms with Gasteiger partial charge in [-0.25, -0.2) is 9.59 Å². The van der Waals surface area contributed by atoms with E-state index in [2.05, 4.69) is 0 Å². The molecule has 18 heavy (non-hydrogen) atoms. The zero-order valence-electron chi connectivity index (χ0n) is 10.2. The fraction of sp³-hybridized carbons (Fsp3) is 0.286. The lowest BCUT2D eigenvalue weighted by Gasteiger charge is -2.09. The van der Waals surface area contributed by atoms with Gasteiger partial charge >= 0.3 is 11.9 Å². The molecule has 0 saturated heterocycles. The average Bonchev–Trinajstić information content (AvgIpc) is 2.33. The van der Waals surface area contributed by atoms with E-state index in [0.29, 0.717) is 5.56 Å². The maximum absolute atomic E-state index is 11.1. The summed E-state index contributed by atoms with van der Waals surface area (Å²) in [6.07, 6.45) is 3.43. The second kappa shape index (κ2) is 6.59. The van der Waals surface area contributed by atoms with Gasteiger partial charge in [-0.15, -0.1) is 0 Å². The van der Waals surface area contributed by atoms with E-state index in [1.807, 2.05) is 19.1 Å². The minimum Gasteiger partial charge on any atom is -0.478 e. The number of benzene rings is 1. The highest BCUT2D eigenvalue weighted by Crippen LogP contribution is 2.21. The largest absolute Gasteiger partial charge is 0.478 e. The Kier molecular flexibility index (Phi) is 5.11. The number of carboxylic acids is 2. The molecule has 1 aromatic rings. The van der Waals surface area contributed by atoms with Gasteiger partial charge < -0.3 is 10.2 Å². The Morgan fingerprint density at radius 3 is 2.44 bits per heavy atom. The summed E-state index contributed by atoms with van der Waals surface area (Å²) in [4.78, 5) is 21.8. The summed E-state index contributed by atoms with van der Waals surface area (Å²) in [7, 11) is 0. The minimum atomic E-state index is -1.25. The summed E-state index contributed by atoms with van der Waals surface area (Å²) in [5, 5.41) is 17.8. The molecule has 0 aliphatic rings. The third kappa shape index (κ3) is 3.73. The Hall–Kier alpha value is -2.10. The monoisotopic (exact) mass is 248 g/mol. The molecule has 0 amide bonds. The van der Waals surface area contributed by atoms with Crippen LogP contribution in [0.1, 0.15) is 30.9 Å². The number of carbonyl (C=O) groups is 2. The number of rotatable bonds is 6. The molecule has 1 aromatic carbocycles. The maximum atomic E-state index is 11.1. The Balaban J connectivity index is 3.20. The van der Waals surface area contributed by atoms with Crippen LogP contribution in [0.25, 0.3) is 5.57 Å². The standard InChI is InChI=1S/C14H16O4/c1-2-3-6-10-7-4-5-8-11(10)12(14(17)18)9-13(15)16/h4-5,7-9H,2-3,6H2,1H3,(H,15,16)(H,17,18)/b12-9-. The van der Waals surface area contributed by atoms with E-state index in [1.54, 1.807) is 12.1 Å². The molecular formula is C14H16O4. The first-order valence-electron chi connectivity index (χ1n) is 5.82. The fourth-order valence-electron chi connectivity index (χ4n) is 1.75. The SMILES string of the molecule is CCCCc1ccccc1/C(=C/C(=O)O)C(=O)O. The normalized spacial score (nSPS) is 11.3. The molecule has 0 saturated carbocycles. The van der Waals surface area contributed by atoms with Gasteiger partial charge in [0.25, 0.3) is 0 Å². The summed E-state index contributed by atoms with van der Waals surface area (Å²) < 4.78 is 0. The zero-order chi connectivity index (χ0) is 13.5. The molecule has 0 spiro atoms. The van der Waals surface area contributed by atoms with Crippen molar-refractivity contribution < 1.29 is 19.8 Å². The smallest absolute Gasteiger partial charge is 0.336 e. The number of hydrogen-bond acceptors (Lipinski definition) is 2. The number of aliphatic carboxylic acids is 2. The van der Waals surface area contributed by atoms with Crippen LogP contribution in [-0.2, 0) is 16.0 Å². The molecule has 0 unspecified atom stereocenters. The molecule has 4 heteroatoms. The number of carboxylic acid groups (broad SMARTS) is 2. The van der Waals surface area contributed by atoms with Gasteiger partial charge in [0.05, 0.1) is 5.57 Å². The predicted octanol–water partition coefficient (Wildman–Crippen LogP) is 2.58. The van der Waals surface area contributed by atoms with Crippen molar-refractivity contribution in [1.82, 2.24) is 0 Å². The summed E-state index contributed by atoms with van der Waals surface area (Å²) in [6.45, 7) is 2.05. The van der Waals surface area contributed by atoms with Crippen LogP contribution < -0.4 is 0 Å². The Bertz CT molecular complexity index is 474. The highest BCUT2D eigenvalue weighted by molar-refractivity contribution is 6.19. The molecule has 0 fully saturated rings. The van der Waals surface area contributed by atoms with Gasteiger partial charge in [0.2, 0.25) is 0 Å². The quantitative estimate of drug-likeness (QED) is 0.759. The van der Waals surface area contributed by atoms with Gasteiger partial charge in [0.15, 0.2) is 0 Å². The third-order valence-corrected chi connectivity index (χ3v) is 2.61. The summed E-state index contributed by atoms with van der Waals surface area (Å²) in [5.74, 6) is -2.47. The van der Waals surface area contributed by atoms with Crippen molar-refractivity contribution in [1.29, 1.82) is 0 Å². The Labute approximate surface area is 106 Å². The highest BCUT2D eigenvalue weighted by Gasteiger charge is 2.15. The summed E-state index contributed by atoms with van der Waals surface area (Å²) >= 11 is 0. The molecule has 0 bridgehead atoms. The van der Waals surface area contributed by atoms with Crippen LogP contribution in [0.2, 0.25) is 0 Å². The van der Waals surface area contributed by atoms with Gasteiger partial charge in [-0.1, -0.05) is 37.6 Å². The molecule has 0 aliphatic carbocycles. The van der Waals surface area contributed by atoms with Crippen LogP contribution in [-0.4, -0.2) is 22.2 Å². The van der Waals surface area contributed by atoms with Crippen LogP contribution in [0.15, 0.2) is 30.3 Å². The van der Waals surface area contributed by atoms with Gasteiger partial charge in [0, 0.05) is 6.08 Å². The van der Waals surface area contributed by atoms with Crippen molar-refractivity contribution in [2.24, 2.45) is 0 Å². The van der Waals surface area contributed by atoms with Gasteiger partial charge in [-0.3, -0.25) is 0 Å². The summed E-state index contributed by atoms with van der Waals surface area (Å²) in [6, 6.07) is 7.02. The lowest BCUT2D eigenvalue weighted by Crippen LogP contribution is -2.05. The van der Waals surface area contributed by atoms with E-state index in [4.69, 9.17) is 10.2 Å². The topological polar surface area (TPSA) is 74.6 Å². The molecule has 0 aromatic heterocycles. The van der Waals surface area contributed by atoms with Crippen LogP contribution in [0.5, 0.6) is 0 Å². The second-order valence-corrected chi connectivity index (χ2v) is 3.96. The van der Waals surface area contributed by atoms with Crippen molar-refractivity contribution in [3.63, 3.8) is 0 Å². The lowest BCUT2D eigenvalue weighted by atomic mass is 9.96. The molecule has 96 valence electrons. The predicted molar refractivity (Wildman–Crippen MR) is 68.3 cm³/mol. The lowest BCUT2D eigenvalue weighted by molar-refractivity contribution is -0.133. The van der Waals surface area contributed by atoms with E-state index in [1.165, 1.54) is 0 Å². The van der Waals surface area contributed by atoms with Gasteiger partial charge in [-0.2, -0.15) is 0 Å². The van der Waals surface area contributed by atoms with E-state index < -0.39 is 11.9 Å². The van der Waals surface area contributed by atoms with Gasteiger partial charge in [0.1, 0.15) is 0 Å². The third-order valence-electron chi connectivity index (χ3n) is 2.61. The highest BCUT2D eigenvalue weighted by atomic mass is 16.4. The number of unbranched alkanes of at least 4 members (excludes halogenated alkanes) is 1. The first kappa shape index (κ1) is 14.0. The Morgan fingerprint density at radius 1 is 1.22 bits per heavy atom. The first-order valence-corrected chi connectivity index (χ1v) is 5.82. The van der Waals surface area contributed by atoms with E-state index in [9.17, 15) is 9.59 Å². The van der Waals surface area contributed by atoms with Crippen LogP contribution in [0.3, 0.4) is 0 Å². The van der Waals surface area contributed by atoms with Crippen LogP contribution in [0.4, 0.5) is 0 Å². The maximum Gasteiger partial charge on any atom is 0.336 e. The molecule has 2 N–H and O–H groups in total. The van der Waals surface area contributed by atoms with Gasteiger partial charge in [-0.05, 0) is 24.0 Å². The van der Waals surface area contributed by atoms with Crippen molar-refractivity contribution in [2.45, 2.75) is 26.2 Å². The van der Waals surface area contributed by atoms with E-state index in [-0.39, 0.29) is 5.57 Å². The van der Waals surface area contributed by atoms with Crippen LogP contribution >= 0.6 is 0 Å². The number of aryl methyl sites for hydroxylation is 1. The van der Waals surface area contributed by atoms with Crippen molar-refractivity contribution in [2.75, 3.05) is 0 Å². The number of hydrogen-bond donors (Lipinski definition) is 2. The molecule has 0 atom stereocenters. The summed E-state index contributed by atoms with van der Waals surface area (Å²) in [5.41, 5.74) is 1.18. The first-order chi connectivity index (χ1) is 8.56. The zero-order valence-corrected chi connectivity index (χ0v) is 10.2. The molecule has 0 aliphatic heterocycles. The van der Waals surface area contributed by atoms with E-state index >= 15 is 0 Å². The second-order valence-electron chi connectivity index (χ2n) is 3.96. The molecule has 0 radical (unpaired) electrons. The molecule has 4 nitrogen and oxygen atoms in total. The molecule has 1 rings (SSSR count). The minimum absolute atomic E-state index is 0.172. The fourth-order valence-corrected chi connectivity index (χ4v) is 1.75. The van der Waals surface area contributed by atoms with Crippen molar-refractivity contribution in [3.05, 3.63) is 41.5 Å². The van der Waals surface area contributed by atoms with Crippen LogP contribution in [0, 0.1) is 0 Å². The molecule has 0 heterocycles. The van der Waals surface area contributed by atoms with E-state index in [0.717, 1.165) is 30.9 Å². The Morgan fingerprint density at radius 2 is 1.89 bits per heavy atom.